The highest BCUT2D eigenvalue weighted by atomic mass is 35.5. The fourth-order valence-electron chi connectivity index (χ4n) is 1.91. The topological polar surface area (TPSA) is 30.5 Å². The van der Waals surface area contributed by atoms with Gasteiger partial charge in [-0.2, -0.15) is 11.8 Å². The Balaban J connectivity index is 2.78. The van der Waals surface area contributed by atoms with Gasteiger partial charge in [0.25, 0.3) is 0 Å². The van der Waals surface area contributed by atoms with Crippen molar-refractivity contribution in [1.82, 2.24) is 5.32 Å². The molecule has 0 radical (unpaired) electrons. The Kier molecular flexibility index (Phi) is 8.97. The SMILES string of the molecule is CCSCCOc1c(CNCC(C)C)cc(Cl)cc1OC. The molecular weight excluding hydrogens is 306 g/mol. The molecule has 0 spiro atoms. The molecule has 0 fully saturated rings. The summed E-state index contributed by atoms with van der Waals surface area (Å²) < 4.78 is 11.3. The maximum Gasteiger partial charge on any atom is 0.165 e. The van der Waals surface area contributed by atoms with Gasteiger partial charge in [0, 0.05) is 29.0 Å². The van der Waals surface area contributed by atoms with E-state index in [0.717, 1.165) is 35.9 Å². The summed E-state index contributed by atoms with van der Waals surface area (Å²) in [6.45, 7) is 8.88. The van der Waals surface area contributed by atoms with E-state index < -0.39 is 0 Å². The lowest BCUT2D eigenvalue weighted by atomic mass is 10.1. The van der Waals surface area contributed by atoms with Crippen molar-refractivity contribution >= 4 is 23.4 Å². The van der Waals surface area contributed by atoms with Crippen LogP contribution >= 0.6 is 23.4 Å². The zero-order valence-corrected chi connectivity index (χ0v) is 14.9. The first-order valence-corrected chi connectivity index (χ1v) is 8.89. The number of rotatable bonds is 10. The molecule has 0 unspecified atom stereocenters. The van der Waals surface area contributed by atoms with E-state index in [1.54, 1.807) is 13.2 Å². The van der Waals surface area contributed by atoms with Crippen LogP contribution in [0.3, 0.4) is 0 Å². The molecule has 1 aromatic carbocycles. The van der Waals surface area contributed by atoms with Gasteiger partial charge in [0.1, 0.15) is 0 Å². The van der Waals surface area contributed by atoms with Crippen LogP contribution in [-0.4, -0.2) is 31.8 Å². The standard InChI is InChI=1S/C16H26ClNO2S/c1-5-21-7-6-20-16-13(11-18-10-12(2)3)8-14(17)9-15(16)19-4/h8-9,12,18H,5-7,10-11H2,1-4H3. The summed E-state index contributed by atoms with van der Waals surface area (Å²) in [4.78, 5) is 0. The van der Waals surface area contributed by atoms with E-state index in [4.69, 9.17) is 21.1 Å². The molecule has 0 saturated carbocycles. The van der Waals surface area contributed by atoms with Crippen molar-refractivity contribution in [3.8, 4) is 11.5 Å². The van der Waals surface area contributed by atoms with Crippen LogP contribution in [0, 0.1) is 5.92 Å². The number of ether oxygens (including phenoxy) is 2. The first-order chi connectivity index (χ1) is 10.1. The van der Waals surface area contributed by atoms with E-state index in [9.17, 15) is 0 Å². The van der Waals surface area contributed by atoms with E-state index in [-0.39, 0.29) is 0 Å². The van der Waals surface area contributed by atoms with Crippen LogP contribution in [0.2, 0.25) is 5.02 Å². The molecule has 5 heteroatoms. The van der Waals surface area contributed by atoms with Crippen LogP contribution in [0.1, 0.15) is 26.3 Å². The Morgan fingerprint density at radius 3 is 2.71 bits per heavy atom. The third-order valence-corrected chi connectivity index (χ3v) is 3.94. The maximum absolute atomic E-state index is 6.16. The fourth-order valence-corrected chi connectivity index (χ4v) is 2.63. The summed E-state index contributed by atoms with van der Waals surface area (Å²) in [5, 5.41) is 4.09. The molecule has 1 rings (SSSR count). The number of methoxy groups -OCH3 is 1. The second-order valence-electron chi connectivity index (χ2n) is 5.17. The Labute approximate surface area is 137 Å². The van der Waals surface area contributed by atoms with Crippen LogP contribution in [0.15, 0.2) is 12.1 Å². The second kappa shape index (κ2) is 10.2. The van der Waals surface area contributed by atoms with E-state index in [0.29, 0.717) is 23.3 Å². The molecule has 0 atom stereocenters. The van der Waals surface area contributed by atoms with Gasteiger partial charge in [-0.1, -0.05) is 32.4 Å². The van der Waals surface area contributed by atoms with E-state index in [2.05, 4.69) is 26.1 Å². The van der Waals surface area contributed by atoms with Crippen molar-refractivity contribution in [2.24, 2.45) is 5.92 Å². The molecule has 0 heterocycles. The number of nitrogens with one attached hydrogen (secondary N) is 1. The number of hydrogen-bond donors (Lipinski definition) is 1. The lowest BCUT2D eigenvalue weighted by Gasteiger charge is -2.16. The number of halogens is 1. The van der Waals surface area contributed by atoms with Gasteiger partial charge < -0.3 is 14.8 Å². The second-order valence-corrected chi connectivity index (χ2v) is 7.00. The molecule has 0 aromatic heterocycles. The largest absolute Gasteiger partial charge is 0.493 e. The van der Waals surface area contributed by atoms with Crippen LogP contribution < -0.4 is 14.8 Å². The summed E-state index contributed by atoms with van der Waals surface area (Å²) in [6.07, 6.45) is 0. The van der Waals surface area contributed by atoms with Gasteiger partial charge >= 0.3 is 0 Å². The van der Waals surface area contributed by atoms with Gasteiger partial charge in [-0.05, 0) is 24.3 Å². The minimum absolute atomic E-state index is 0.608. The Morgan fingerprint density at radius 2 is 2.10 bits per heavy atom. The quantitative estimate of drug-likeness (QED) is 0.650. The summed E-state index contributed by atoms with van der Waals surface area (Å²) in [5.74, 6) is 4.18. The van der Waals surface area contributed by atoms with Gasteiger partial charge in [-0.15, -0.1) is 0 Å². The predicted octanol–water partition coefficient (Wildman–Crippen LogP) is 4.23. The Hall–Kier alpha value is -0.580. The fraction of sp³-hybridized carbons (Fsp3) is 0.625. The molecule has 21 heavy (non-hydrogen) atoms. The Bertz CT molecular complexity index is 427. The highest BCUT2D eigenvalue weighted by molar-refractivity contribution is 7.99. The van der Waals surface area contributed by atoms with E-state index in [1.165, 1.54) is 0 Å². The Morgan fingerprint density at radius 1 is 1.33 bits per heavy atom. The van der Waals surface area contributed by atoms with Crippen molar-refractivity contribution in [2.75, 3.05) is 31.8 Å². The lowest BCUT2D eigenvalue weighted by molar-refractivity contribution is 0.309. The van der Waals surface area contributed by atoms with Crippen LogP contribution in [-0.2, 0) is 6.54 Å². The summed E-state index contributed by atoms with van der Waals surface area (Å²) in [5.41, 5.74) is 1.04. The monoisotopic (exact) mass is 331 g/mol. The average Bonchev–Trinajstić information content (AvgIpc) is 2.44. The molecule has 1 N–H and O–H groups in total. The number of thioether (sulfide) groups is 1. The third-order valence-electron chi connectivity index (χ3n) is 2.86. The van der Waals surface area contributed by atoms with Crippen LogP contribution in [0.4, 0.5) is 0 Å². The number of hydrogen-bond acceptors (Lipinski definition) is 4. The van der Waals surface area contributed by atoms with Gasteiger partial charge in [0.15, 0.2) is 11.5 Å². The van der Waals surface area contributed by atoms with E-state index >= 15 is 0 Å². The molecule has 120 valence electrons. The van der Waals surface area contributed by atoms with Crippen LogP contribution in [0.25, 0.3) is 0 Å². The first-order valence-electron chi connectivity index (χ1n) is 7.36. The molecule has 0 aliphatic heterocycles. The first kappa shape index (κ1) is 18.5. The molecule has 0 amide bonds. The van der Waals surface area contributed by atoms with Gasteiger partial charge in [0.2, 0.25) is 0 Å². The smallest absolute Gasteiger partial charge is 0.165 e. The van der Waals surface area contributed by atoms with Gasteiger partial charge in [0.05, 0.1) is 13.7 Å². The predicted molar refractivity (Wildman–Crippen MR) is 93.0 cm³/mol. The highest BCUT2D eigenvalue weighted by Gasteiger charge is 2.13. The van der Waals surface area contributed by atoms with E-state index in [1.807, 2.05) is 17.8 Å². The summed E-state index contributed by atoms with van der Waals surface area (Å²) in [7, 11) is 1.64. The third kappa shape index (κ3) is 6.81. The van der Waals surface area contributed by atoms with Crippen molar-refractivity contribution in [1.29, 1.82) is 0 Å². The minimum atomic E-state index is 0.608. The van der Waals surface area contributed by atoms with Crippen molar-refractivity contribution in [2.45, 2.75) is 27.3 Å². The van der Waals surface area contributed by atoms with Crippen LogP contribution in [0.5, 0.6) is 11.5 Å². The molecular formula is C16H26ClNO2S. The lowest BCUT2D eigenvalue weighted by Crippen LogP contribution is -2.19. The number of benzene rings is 1. The maximum atomic E-state index is 6.16. The van der Waals surface area contributed by atoms with Gasteiger partial charge in [-0.25, -0.2) is 0 Å². The minimum Gasteiger partial charge on any atom is -0.493 e. The molecule has 0 aliphatic rings. The average molecular weight is 332 g/mol. The molecule has 0 saturated heterocycles. The van der Waals surface area contributed by atoms with Crippen molar-refractivity contribution in [3.63, 3.8) is 0 Å². The zero-order chi connectivity index (χ0) is 15.7. The van der Waals surface area contributed by atoms with Crippen molar-refractivity contribution in [3.05, 3.63) is 22.7 Å². The van der Waals surface area contributed by atoms with Gasteiger partial charge in [-0.3, -0.25) is 0 Å². The molecule has 0 bridgehead atoms. The zero-order valence-electron chi connectivity index (χ0n) is 13.4. The molecule has 0 aliphatic carbocycles. The molecule has 1 aromatic rings. The van der Waals surface area contributed by atoms with Crippen molar-refractivity contribution < 1.29 is 9.47 Å². The highest BCUT2D eigenvalue weighted by Crippen LogP contribution is 2.34. The normalized spacial score (nSPS) is 11.0. The summed E-state index contributed by atoms with van der Waals surface area (Å²) in [6, 6.07) is 3.75. The summed E-state index contributed by atoms with van der Waals surface area (Å²) >= 11 is 8.02. The molecule has 3 nitrogen and oxygen atoms in total.